The van der Waals surface area contributed by atoms with E-state index in [9.17, 15) is 4.79 Å². The van der Waals surface area contributed by atoms with E-state index in [4.69, 9.17) is 9.15 Å². The van der Waals surface area contributed by atoms with Crippen LogP contribution >= 0.6 is 15.9 Å². The van der Waals surface area contributed by atoms with Gasteiger partial charge in [0.25, 0.3) is 5.91 Å². The number of hydrogen-bond acceptors (Lipinski definition) is 4. The maximum atomic E-state index is 13.0. The zero-order valence-electron chi connectivity index (χ0n) is 13.3. The summed E-state index contributed by atoms with van der Waals surface area (Å²) in [5.41, 5.74) is 2.24. The van der Waals surface area contributed by atoms with Crippen molar-refractivity contribution in [3.05, 3.63) is 52.1 Å². The Morgan fingerprint density at radius 3 is 3.08 bits per heavy atom. The highest BCUT2D eigenvalue weighted by Crippen LogP contribution is 2.32. The number of carbonyl (C=O) groups is 1. The van der Waals surface area contributed by atoms with E-state index in [0.29, 0.717) is 18.0 Å². The van der Waals surface area contributed by atoms with Crippen LogP contribution in [0.4, 0.5) is 0 Å². The third-order valence-electron chi connectivity index (χ3n) is 4.48. The zero-order chi connectivity index (χ0) is 16.8. The SMILES string of the molecule is COc1cc(Br)cn2nc(C(=O)N3CCc4occc4C3C)cc12. The number of pyridine rings is 1. The van der Waals surface area contributed by atoms with Gasteiger partial charge >= 0.3 is 0 Å². The van der Waals surface area contributed by atoms with E-state index in [1.165, 1.54) is 0 Å². The first kappa shape index (κ1) is 15.3. The van der Waals surface area contributed by atoms with Crippen molar-refractivity contribution in [2.24, 2.45) is 0 Å². The first-order valence-electron chi connectivity index (χ1n) is 7.68. The minimum Gasteiger partial charge on any atom is -0.494 e. The lowest BCUT2D eigenvalue weighted by atomic mass is 10.0. The molecule has 4 heterocycles. The molecule has 124 valence electrons. The highest BCUT2D eigenvalue weighted by atomic mass is 79.9. The van der Waals surface area contributed by atoms with Crippen LogP contribution in [0.2, 0.25) is 0 Å². The summed E-state index contributed by atoms with van der Waals surface area (Å²) >= 11 is 3.42. The Morgan fingerprint density at radius 2 is 2.29 bits per heavy atom. The summed E-state index contributed by atoms with van der Waals surface area (Å²) < 4.78 is 13.3. The number of carbonyl (C=O) groups excluding carboxylic acids is 1. The van der Waals surface area contributed by atoms with Crippen molar-refractivity contribution in [3.8, 4) is 5.75 Å². The number of fused-ring (bicyclic) bond motifs is 2. The number of amides is 1. The Balaban J connectivity index is 1.71. The minimum absolute atomic E-state index is 0.0292. The van der Waals surface area contributed by atoms with E-state index >= 15 is 0 Å². The van der Waals surface area contributed by atoms with E-state index in [0.717, 1.165) is 27.7 Å². The number of furan rings is 1. The van der Waals surface area contributed by atoms with Crippen molar-refractivity contribution in [3.63, 3.8) is 0 Å². The number of nitrogens with zero attached hydrogens (tertiary/aromatic N) is 3. The lowest BCUT2D eigenvalue weighted by molar-refractivity contribution is 0.0664. The predicted molar refractivity (Wildman–Crippen MR) is 91.3 cm³/mol. The third-order valence-corrected chi connectivity index (χ3v) is 4.91. The van der Waals surface area contributed by atoms with Gasteiger partial charge in [0.2, 0.25) is 0 Å². The molecule has 1 aliphatic rings. The fraction of sp³-hybridized carbons (Fsp3) is 0.294. The zero-order valence-corrected chi connectivity index (χ0v) is 14.9. The lowest BCUT2D eigenvalue weighted by Crippen LogP contribution is -2.38. The van der Waals surface area contributed by atoms with E-state index in [1.807, 2.05) is 30.2 Å². The second kappa shape index (κ2) is 5.66. The van der Waals surface area contributed by atoms with Gasteiger partial charge in [0.15, 0.2) is 5.69 Å². The fourth-order valence-electron chi connectivity index (χ4n) is 3.23. The van der Waals surface area contributed by atoms with Crippen LogP contribution in [0.5, 0.6) is 5.75 Å². The molecule has 0 fully saturated rings. The summed E-state index contributed by atoms with van der Waals surface area (Å²) in [4.78, 5) is 14.8. The van der Waals surface area contributed by atoms with E-state index < -0.39 is 0 Å². The standard InChI is InChI=1S/C17H16BrN3O3/c1-10-12-4-6-24-15(12)3-5-20(10)17(22)13-8-14-16(23-2)7-11(18)9-21(14)19-13/h4,6-10H,3,5H2,1-2H3. The topological polar surface area (TPSA) is 60.0 Å². The van der Waals surface area contributed by atoms with Crippen LogP contribution in [0, 0.1) is 0 Å². The van der Waals surface area contributed by atoms with Crippen LogP contribution in [-0.2, 0) is 6.42 Å². The fourth-order valence-corrected chi connectivity index (χ4v) is 3.63. The molecule has 0 spiro atoms. The Bertz CT molecular complexity index is 930. The van der Waals surface area contributed by atoms with Crippen LogP contribution in [0.15, 0.2) is 39.5 Å². The smallest absolute Gasteiger partial charge is 0.274 e. The Morgan fingerprint density at radius 1 is 1.46 bits per heavy atom. The maximum Gasteiger partial charge on any atom is 0.274 e. The van der Waals surface area contributed by atoms with Crippen molar-refractivity contribution in [1.82, 2.24) is 14.5 Å². The first-order chi connectivity index (χ1) is 11.6. The number of halogens is 1. The molecule has 3 aromatic rings. The first-order valence-corrected chi connectivity index (χ1v) is 8.48. The second-order valence-electron chi connectivity index (χ2n) is 5.81. The lowest BCUT2D eigenvalue weighted by Gasteiger charge is -2.32. The maximum absolute atomic E-state index is 13.0. The van der Waals surface area contributed by atoms with Crippen molar-refractivity contribution in [1.29, 1.82) is 0 Å². The summed E-state index contributed by atoms with van der Waals surface area (Å²) in [7, 11) is 1.60. The van der Waals surface area contributed by atoms with E-state index in [1.54, 1.807) is 24.0 Å². The van der Waals surface area contributed by atoms with Crippen LogP contribution in [0.3, 0.4) is 0 Å². The molecule has 24 heavy (non-hydrogen) atoms. The van der Waals surface area contributed by atoms with Gasteiger partial charge in [-0.25, -0.2) is 4.52 Å². The van der Waals surface area contributed by atoms with Crippen LogP contribution in [-0.4, -0.2) is 34.1 Å². The Hall–Kier alpha value is -2.28. The monoisotopic (exact) mass is 389 g/mol. The van der Waals surface area contributed by atoms with Crippen molar-refractivity contribution >= 4 is 27.4 Å². The van der Waals surface area contributed by atoms with Gasteiger partial charge < -0.3 is 14.1 Å². The van der Waals surface area contributed by atoms with Crippen LogP contribution in [0.25, 0.3) is 5.52 Å². The van der Waals surface area contributed by atoms with Gasteiger partial charge in [0, 0.05) is 35.3 Å². The molecule has 4 rings (SSSR count). The van der Waals surface area contributed by atoms with E-state index in [2.05, 4.69) is 21.0 Å². The molecule has 7 heteroatoms. The molecule has 1 aliphatic heterocycles. The average molecular weight is 390 g/mol. The van der Waals surface area contributed by atoms with Crippen LogP contribution in [0.1, 0.15) is 34.8 Å². The summed E-state index contributed by atoms with van der Waals surface area (Å²) in [6.07, 6.45) is 4.21. The molecule has 1 atom stereocenters. The van der Waals surface area contributed by atoms with Gasteiger partial charge in [-0.1, -0.05) is 0 Å². The van der Waals surface area contributed by atoms with Crippen molar-refractivity contribution in [2.75, 3.05) is 13.7 Å². The number of rotatable bonds is 2. The molecule has 0 saturated heterocycles. The highest BCUT2D eigenvalue weighted by molar-refractivity contribution is 9.10. The molecule has 0 aromatic carbocycles. The van der Waals surface area contributed by atoms with Gasteiger partial charge in [0.1, 0.15) is 17.0 Å². The molecule has 0 N–H and O–H groups in total. The number of aromatic nitrogens is 2. The van der Waals surface area contributed by atoms with Crippen molar-refractivity contribution < 1.29 is 13.9 Å². The quantitative estimate of drug-likeness (QED) is 0.673. The summed E-state index contributed by atoms with van der Waals surface area (Å²) in [6, 6.07) is 5.53. The molecule has 0 aliphatic carbocycles. The molecular weight excluding hydrogens is 374 g/mol. The summed E-state index contributed by atoms with van der Waals surface area (Å²) in [6.45, 7) is 2.63. The summed E-state index contributed by atoms with van der Waals surface area (Å²) in [5, 5.41) is 4.43. The van der Waals surface area contributed by atoms with Gasteiger partial charge in [-0.15, -0.1) is 0 Å². The molecule has 0 radical (unpaired) electrons. The Kier molecular flexibility index (Phi) is 3.60. The minimum atomic E-state index is -0.0868. The van der Waals surface area contributed by atoms with Gasteiger partial charge in [-0.3, -0.25) is 4.79 Å². The average Bonchev–Trinajstić information content (AvgIpc) is 3.20. The Labute approximate surface area is 147 Å². The van der Waals surface area contributed by atoms with E-state index in [-0.39, 0.29) is 11.9 Å². The number of ether oxygens (including phenoxy) is 1. The molecule has 6 nitrogen and oxygen atoms in total. The molecule has 1 unspecified atom stereocenters. The number of methoxy groups -OCH3 is 1. The predicted octanol–water partition coefficient (Wildman–Crippen LogP) is 3.46. The largest absolute Gasteiger partial charge is 0.494 e. The number of hydrogen-bond donors (Lipinski definition) is 0. The highest BCUT2D eigenvalue weighted by Gasteiger charge is 2.31. The molecule has 0 saturated carbocycles. The molecule has 0 bridgehead atoms. The van der Waals surface area contributed by atoms with Crippen LogP contribution < -0.4 is 4.74 Å². The van der Waals surface area contributed by atoms with Gasteiger partial charge in [0.05, 0.1) is 19.4 Å². The molecule has 1 amide bonds. The van der Waals surface area contributed by atoms with Gasteiger partial charge in [-0.05, 0) is 35.0 Å². The second-order valence-corrected chi connectivity index (χ2v) is 6.73. The van der Waals surface area contributed by atoms with Gasteiger partial charge in [-0.2, -0.15) is 5.10 Å². The third kappa shape index (κ3) is 2.31. The molecule has 3 aromatic heterocycles. The van der Waals surface area contributed by atoms with Crippen molar-refractivity contribution in [2.45, 2.75) is 19.4 Å². The summed E-state index contributed by atoms with van der Waals surface area (Å²) in [5.74, 6) is 1.54. The molecular formula is C17H16BrN3O3. The normalized spacial score (nSPS) is 17.1.